The van der Waals surface area contributed by atoms with Crippen molar-refractivity contribution < 1.29 is 27.8 Å². The quantitative estimate of drug-likeness (QED) is 0.892. The average Bonchev–Trinajstić information content (AvgIpc) is 2.72. The number of aryl methyl sites for hydroxylation is 1. The predicted octanol–water partition coefficient (Wildman–Crippen LogP) is 1.57. The molecule has 8 heteroatoms. The maximum atomic E-state index is 12.6. The van der Waals surface area contributed by atoms with E-state index in [1.165, 1.54) is 7.05 Å². The fourth-order valence-electron chi connectivity index (χ4n) is 2.35. The van der Waals surface area contributed by atoms with Crippen molar-refractivity contribution in [2.75, 3.05) is 13.2 Å². The Morgan fingerprint density at radius 2 is 2.05 bits per heavy atom. The van der Waals surface area contributed by atoms with Crippen LogP contribution in [0.2, 0.25) is 0 Å². The van der Waals surface area contributed by atoms with Gasteiger partial charge in [-0.25, -0.2) is 0 Å². The summed E-state index contributed by atoms with van der Waals surface area (Å²) in [6.45, 7) is 0.414. The van der Waals surface area contributed by atoms with Crippen LogP contribution in [-0.2, 0) is 28.2 Å². The first-order valence-corrected chi connectivity index (χ1v) is 5.70. The van der Waals surface area contributed by atoms with Crippen LogP contribution in [0.5, 0.6) is 0 Å². The van der Waals surface area contributed by atoms with Crippen LogP contribution in [0, 0.1) is 0 Å². The van der Waals surface area contributed by atoms with Crippen LogP contribution in [0.25, 0.3) is 0 Å². The summed E-state index contributed by atoms with van der Waals surface area (Å²) in [7, 11) is 1.32. The Kier molecular flexibility index (Phi) is 3.29. The summed E-state index contributed by atoms with van der Waals surface area (Å²) < 4.78 is 44.0. The molecule has 0 amide bonds. The summed E-state index contributed by atoms with van der Waals surface area (Å²) in [5, 5.41) is 12.8. The molecule has 2 heterocycles. The number of hydrogen-bond donors (Lipinski definition) is 1. The van der Waals surface area contributed by atoms with E-state index < -0.39 is 23.3 Å². The van der Waals surface area contributed by atoms with E-state index in [9.17, 15) is 23.1 Å². The van der Waals surface area contributed by atoms with Gasteiger partial charge in [0.2, 0.25) is 0 Å². The van der Waals surface area contributed by atoms with E-state index in [-0.39, 0.29) is 31.7 Å². The fourth-order valence-corrected chi connectivity index (χ4v) is 2.35. The minimum atomic E-state index is -4.58. The van der Waals surface area contributed by atoms with Crippen molar-refractivity contribution in [1.82, 2.24) is 9.78 Å². The molecule has 1 aliphatic rings. The van der Waals surface area contributed by atoms with E-state index in [1.54, 1.807) is 0 Å². The lowest BCUT2D eigenvalue weighted by atomic mass is 9.77. The highest BCUT2D eigenvalue weighted by Gasteiger charge is 2.46. The highest BCUT2D eigenvalue weighted by molar-refractivity contribution is 5.81. The Morgan fingerprint density at radius 3 is 2.47 bits per heavy atom. The molecule has 0 aliphatic carbocycles. The number of nitrogens with zero attached hydrogens (tertiary/aromatic N) is 2. The van der Waals surface area contributed by atoms with Crippen LogP contribution in [-0.4, -0.2) is 34.1 Å². The molecule has 5 nitrogen and oxygen atoms in total. The number of aromatic nitrogens is 2. The first kappa shape index (κ1) is 13.9. The molecule has 1 fully saturated rings. The van der Waals surface area contributed by atoms with Crippen LogP contribution in [0.15, 0.2) is 6.07 Å². The van der Waals surface area contributed by atoms with Crippen LogP contribution in [0.3, 0.4) is 0 Å². The molecule has 1 aromatic rings. The van der Waals surface area contributed by atoms with Gasteiger partial charge in [-0.15, -0.1) is 0 Å². The molecular weight excluding hydrogens is 265 g/mol. The SMILES string of the molecule is Cn1nc(C(F)(F)F)cc1C1(C(=O)O)CCOCC1. The highest BCUT2D eigenvalue weighted by atomic mass is 19.4. The molecule has 2 rings (SSSR count). The first-order chi connectivity index (χ1) is 8.77. The molecule has 19 heavy (non-hydrogen) atoms. The molecule has 0 atom stereocenters. The number of rotatable bonds is 2. The van der Waals surface area contributed by atoms with Gasteiger partial charge in [0.15, 0.2) is 5.69 Å². The lowest BCUT2D eigenvalue weighted by molar-refractivity contribution is -0.148. The minimum Gasteiger partial charge on any atom is -0.481 e. The lowest BCUT2D eigenvalue weighted by Crippen LogP contribution is -2.42. The zero-order valence-corrected chi connectivity index (χ0v) is 10.2. The zero-order valence-electron chi connectivity index (χ0n) is 10.2. The predicted molar refractivity (Wildman–Crippen MR) is 57.6 cm³/mol. The summed E-state index contributed by atoms with van der Waals surface area (Å²) >= 11 is 0. The van der Waals surface area contributed by atoms with Crippen molar-refractivity contribution >= 4 is 5.97 Å². The number of alkyl halides is 3. The maximum Gasteiger partial charge on any atom is 0.435 e. The van der Waals surface area contributed by atoms with Crippen molar-refractivity contribution in [3.63, 3.8) is 0 Å². The number of ether oxygens (including phenoxy) is 1. The summed E-state index contributed by atoms with van der Waals surface area (Å²) in [5.41, 5.74) is -2.36. The molecule has 1 aliphatic heterocycles. The molecule has 0 aromatic carbocycles. The van der Waals surface area contributed by atoms with Crippen LogP contribution in [0.1, 0.15) is 24.2 Å². The largest absolute Gasteiger partial charge is 0.481 e. The van der Waals surface area contributed by atoms with Gasteiger partial charge >= 0.3 is 12.1 Å². The highest BCUT2D eigenvalue weighted by Crippen LogP contribution is 2.38. The average molecular weight is 278 g/mol. The molecule has 1 aromatic heterocycles. The standard InChI is InChI=1S/C11H13F3N2O3/c1-16-8(6-7(15-16)11(12,13)14)10(9(17)18)2-4-19-5-3-10/h6H,2-5H2,1H3,(H,17,18). The topological polar surface area (TPSA) is 64.4 Å². The van der Waals surface area contributed by atoms with Gasteiger partial charge in [-0.2, -0.15) is 18.3 Å². The molecule has 0 radical (unpaired) electrons. The molecule has 106 valence electrons. The number of carboxylic acids is 1. The van der Waals surface area contributed by atoms with Crippen molar-refractivity contribution in [3.05, 3.63) is 17.5 Å². The van der Waals surface area contributed by atoms with E-state index in [0.29, 0.717) is 0 Å². The van der Waals surface area contributed by atoms with Crippen molar-refractivity contribution in [2.45, 2.75) is 24.4 Å². The maximum absolute atomic E-state index is 12.6. The molecule has 1 N–H and O–H groups in total. The molecule has 0 spiro atoms. The molecule has 0 saturated carbocycles. The Balaban J connectivity index is 2.49. The van der Waals surface area contributed by atoms with E-state index in [0.717, 1.165) is 10.7 Å². The second-order valence-electron chi connectivity index (χ2n) is 4.54. The van der Waals surface area contributed by atoms with Crippen molar-refractivity contribution in [3.8, 4) is 0 Å². The van der Waals surface area contributed by atoms with Gasteiger partial charge in [-0.3, -0.25) is 9.48 Å². The van der Waals surface area contributed by atoms with Gasteiger partial charge in [-0.1, -0.05) is 0 Å². The minimum absolute atomic E-state index is 0.0654. The van der Waals surface area contributed by atoms with Gasteiger partial charge in [0, 0.05) is 20.3 Å². The Labute approximate surface area is 107 Å². The Hall–Kier alpha value is -1.57. The molecule has 0 bridgehead atoms. The van der Waals surface area contributed by atoms with E-state index in [4.69, 9.17) is 4.74 Å². The summed E-state index contributed by atoms with van der Waals surface area (Å²) in [6.07, 6.45) is -4.31. The van der Waals surface area contributed by atoms with Crippen LogP contribution < -0.4 is 0 Å². The van der Waals surface area contributed by atoms with E-state index in [1.807, 2.05) is 0 Å². The van der Waals surface area contributed by atoms with Gasteiger partial charge in [0.25, 0.3) is 0 Å². The second kappa shape index (κ2) is 4.52. The lowest BCUT2D eigenvalue weighted by Gasteiger charge is -2.32. The van der Waals surface area contributed by atoms with Gasteiger partial charge in [0.1, 0.15) is 5.41 Å². The number of carbonyl (C=O) groups is 1. The van der Waals surface area contributed by atoms with Crippen LogP contribution >= 0.6 is 0 Å². The third-order valence-electron chi connectivity index (χ3n) is 3.42. The van der Waals surface area contributed by atoms with Gasteiger partial charge in [-0.05, 0) is 18.9 Å². The third kappa shape index (κ3) is 2.32. The molecule has 0 unspecified atom stereocenters. The van der Waals surface area contributed by atoms with Gasteiger partial charge < -0.3 is 9.84 Å². The second-order valence-corrected chi connectivity index (χ2v) is 4.54. The monoisotopic (exact) mass is 278 g/mol. The number of halogens is 3. The normalized spacial score (nSPS) is 19.4. The summed E-state index contributed by atoms with van der Waals surface area (Å²) in [6, 6.07) is 0.819. The Morgan fingerprint density at radius 1 is 1.47 bits per heavy atom. The smallest absolute Gasteiger partial charge is 0.435 e. The zero-order chi connectivity index (χ0) is 14.3. The first-order valence-electron chi connectivity index (χ1n) is 5.70. The number of carboxylic acid groups (broad SMARTS) is 1. The van der Waals surface area contributed by atoms with E-state index in [2.05, 4.69) is 5.10 Å². The van der Waals surface area contributed by atoms with Crippen molar-refractivity contribution in [2.24, 2.45) is 7.05 Å². The fraction of sp³-hybridized carbons (Fsp3) is 0.636. The number of hydrogen-bond acceptors (Lipinski definition) is 3. The van der Waals surface area contributed by atoms with Gasteiger partial charge in [0.05, 0.1) is 5.69 Å². The third-order valence-corrected chi connectivity index (χ3v) is 3.42. The molecule has 1 saturated heterocycles. The number of aliphatic carboxylic acids is 1. The summed E-state index contributed by atoms with van der Waals surface area (Å²) in [5.74, 6) is -1.15. The van der Waals surface area contributed by atoms with E-state index >= 15 is 0 Å². The molecular formula is C11H13F3N2O3. The summed E-state index contributed by atoms with van der Waals surface area (Å²) in [4.78, 5) is 11.5. The van der Waals surface area contributed by atoms with Crippen LogP contribution in [0.4, 0.5) is 13.2 Å². The van der Waals surface area contributed by atoms with Crippen molar-refractivity contribution in [1.29, 1.82) is 0 Å². The Bertz CT molecular complexity index is 490.